The molecule has 4 bridgehead atoms. The number of Topliss-reactive ketones (excluding diaryl/α,β-unsaturated/α-hetero) is 1. The maximum absolute atomic E-state index is 13.4. The summed E-state index contributed by atoms with van der Waals surface area (Å²) in [4.78, 5) is 13.9. The number of hydrogen-bond acceptors (Lipinski definition) is 2. The minimum Gasteiger partial charge on any atom is -0.292 e. The lowest BCUT2D eigenvalue weighted by Gasteiger charge is -2.55. The summed E-state index contributed by atoms with van der Waals surface area (Å²) in [5.74, 6) is 8.49. The van der Waals surface area contributed by atoms with Gasteiger partial charge in [-0.15, -0.1) is 0 Å². The van der Waals surface area contributed by atoms with Gasteiger partial charge in [-0.3, -0.25) is 9.00 Å². The Hall–Kier alpha value is -0.750. The van der Waals surface area contributed by atoms with Crippen molar-refractivity contribution in [3.8, 4) is 11.8 Å². The maximum Gasteiger partial charge on any atom is 0.185 e. The van der Waals surface area contributed by atoms with Crippen molar-refractivity contribution in [3.63, 3.8) is 0 Å². The Bertz CT molecular complexity index is 659. The first-order chi connectivity index (χ1) is 10.5. The highest BCUT2D eigenvalue weighted by Crippen LogP contribution is 2.60. The molecular weight excluding hydrogens is 304 g/mol. The van der Waals surface area contributed by atoms with E-state index in [9.17, 15) is 9.00 Å². The van der Waals surface area contributed by atoms with Crippen LogP contribution in [0.2, 0.25) is 0 Å². The SMILES string of the molecule is CC(C)(C)C#CC(C(=O)C12CC3CC(CC(C3)C1)C2)=S(C)(C)=O. The van der Waals surface area contributed by atoms with Crippen molar-refractivity contribution in [2.24, 2.45) is 28.6 Å². The maximum atomic E-state index is 13.4. The van der Waals surface area contributed by atoms with Crippen LogP contribution < -0.4 is 0 Å². The Balaban J connectivity index is 2.00. The van der Waals surface area contributed by atoms with Crippen LogP contribution in [0.4, 0.5) is 0 Å². The van der Waals surface area contributed by atoms with Gasteiger partial charge in [0.25, 0.3) is 0 Å². The lowest BCUT2D eigenvalue weighted by Crippen LogP contribution is -2.52. The first kappa shape index (κ1) is 17.1. The van der Waals surface area contributed by atoms with Crippen molar-refractivity contribution in [3.05, 3.63) is 0 Å². The van der Waals surface area contributed by atoms with E-state index in [4.69, 9.17) is 0 Å². The Morgan fingerprint density at radius 2 is 1.43 bits per heavy atom. The second-order valence-corrected chi connectivity index (χ2v) is 12.5. The number of carbonyl (C=O) groups is 1. The van der Waals surface area contributed by atoms with Gasteiger partial charge in [0.2, 0.25) is 0 Å². The topological polar surface area (TPSA) is 34.1 Å². The van der Waals surface area contributed by atoms with Gasteiger partial charge in [0, 0.05) is 23.3 Å². The summed E-state index contributed by atoms with van der Waals surface area (Å²) >= 11 is 0. The van der Waals surface area contributed by atoms with E-state index in [0.29, 0.717) is 22.6 Å². The van der Waals surface area contributed by atoms with E-state index in [1.807, 2.05) is 20.8 Å². The van der Waals surface area contributed by atoms with Gasteiger partial charge in [0.1, 0.15) is 4.86 Å². The molecule has 0 aromatic carbocycles. The molecule has 0 radical (unpaired) electrons. The zero-order valence-corrected chi connectivity index (χ0v) is 16.0. The molecule has 3 heteroatoms. The molecular formula is C20H30O2S. The van der Waals surface area contributed by atoms with Gasteiger partial charge in [0.05, 0.1) is 0 Å². The molecule has 128 valence electrons. The quantitative estimate of drug-likeness (QED) is 0.572. The molecule has 4 aliphatic rings. The van der Waals surface area contributed by atoms with Crippen LogP contribution in [0.15, 0.2) is 0 Å². The van der Waals surface area contributed by atoms with Gasteiger partial charge in [0.15, 0.2) is 5.78 Å². The molecule has 0 N–H and O–H groups in total. The van der Waals surface area contributed by atoms with Crippen LogP contribution in [0.5, 0.6) is 0 Å². The zero-order valence-electron chi connectivity index (χ0n) is 15.2. The number of hydrogen-bond donors (Lipinski definition) is 0. The summed E-state index contributed by atoms with van der Waals surface area (Å²) in [6.07, 6.45) is 10.3. The van der Waals surface area contributed by atoms with Crippen LogP contribution >= 0.6 is 0 Å². The van der Waals surface area contributed by atoms with E-state index >= 15 is 0 Å². The molecule has 0 unspecified atom stereocenters. The average molecular weight is 335 g/mol. The summed E-state index contributed by atoms with van der Waals surface area (Å²) in [6, 6.07) is 0. The van der Waals surface area contributed by atoms with Gasteiger partial charge in [-0.25, -0.2) is 0 Å². The molecule has 4 rings (SSSR count). The lowest BCUT2D eigenvalue weighted by molar-refractivity contribution is -0.136. The average Bonchev–Trinajstić information content (AvgIpc) is 2.33. The monoisotopic (exact) mass is 334 g/mol. The van der Waals surface area contributed by atoms with Crippen LogP contribution in [-0.2, 0) is 14.3 Å². The molecule has 4 aliphatic carbocycles. The Morgan fingerprint density at radius 1 is 1.00 bits per heavy atom. The molecule has 0 aliphatic heterocycles. The summed E-state index contributed by atoms with van der Waals surface area (Å²) in [5, 5.41) is 0. The summed E-state index contributed by atoms with van der Waals surface area (Å²) in [5.41, 5.74) is -0.428. The smallest absolute Gasteiger partial charge is 0.185 e. The van der Waals surface area contributed by atoms with Crippen LogP contribution in [0, 0.1) is 40.4 Å². The highest BCUT2D eigenvalue weighted by Gasteiger charge is 2.55. The van der Waals surface area contributed by atoms with E-state index in [2.05, 4.69) is 11.8 Å². The fourth-order valence-electron chi connectivity index (χ4n) is 5.28. The molecule has 0 aromatic heterocycles. The zero-order chi connectivity index (χ0) is 17.0. The van der Waals surface area contributed by atoms with Gasteiger partial charge < -0.3 is 0 Å². The first-order valence-electron chi connectivity index (χ1n) is 8.88. The van der Waals surface area contributed by atoms with E-state index in [1.165, 1.54) is 19.3 Å². The Kier molecular flexibility index (Phi) is 4.00. The number of rotatable bonds is 2. The molecule has 0 aromatic rings. The molecule has 4 fully saturated rings. The van der Waals surface area contributed by atoms with Crippen molar-refractivity contribution >= 4 is 20.2 Å². The summed E-state index contributed by atoms with van der Waals surface area (Å²) in [7, 11) is -2.34. The minimum atomic E-state index is -2.34. The number of carbonyl (C=O) groups excluding carboxylic acids is 1. The van der Waals surface area contributed by atoms with Crippen LogP contribution in [0.25, 0.3) is 0 Å². The second kappa shape index (κ2) is 5.38. The highest BCUT2D eigenvalue weighted by molar-refractivity contribution is 8.02. The Labute approximate surface area is 141 Å². The third-order valence-electron chi connectivity index (χ3n) is 5.77. The molecule has 0 atom stereocenters. The molecule has 4 saturated carbocycles. The van der Waals surface area contributed by atoms with Crippen LogP contribution in [0.3, 0.4) is 0 Å². The predicted octanol–water partition coefficient (Wildman–Crippen LogP) is 3.54. The molecule has 0 spiro atoms. The van der Waals surface area contributed by atoms with E-state index < -0.39 is 9.52 Å². The summed E-state index contributed by atoms with van der Waals surface area (Å²) in [6.45, 7) is 6.08. The largest absolute Gasteiger partial charge is 0.292 e. The highest BCUT2D eigenvalue weighted by atomic mass is 32.2. The van der Waals surface area contributed by atoms with Crippen molar-refractivity contribution in [2.75, 3.05) is 12.5 Å². The van der Waals surface area contributed by atoms with Crippen molar-refractivity contribution in [1.82, 2.24) is 0 Å². The van der Waals surface area contributed by atoms with E-state index in [-0.39, 0.29) is 16.6 Å². The second-order valence-electron chi connectivity index (χ2n) is 9.59. The van der Waals surface area contributed by atoms with E-state index in [0.717, 1.165) is 19.3 Å². The normalized spacial score (nSPS) is 35.6. The lowest BCUT2D eigenvalue weighted by atomic mass is 9.48. The van der Waals surface area contributed by atoms with Gasteiger partial charge in [-0.05, 0) is 86.6 Å². The van der Waals surface area contributed by atoms with Crippen LogP contribution in [-0.4, -0.2) is 27.4 Å². The fraction of sp³-hybridized carbons (Fsp3) is 0.800. The Morgan fingerprint density at radius 3 is 1.78 bits per heavy atom. The third-order valence-corrected chi connectivity index (χ3v) is 7.04. The molecule has 2 nitrogen and oxygen atoms in total. The van der Waals surface area contributed by atoms with Gasteiger partial charge in [-0.1, -0.05) is 11.8 Å². The van der Waals surface area contributed by atoms with Crippen LogP contribution in [0.1, 0.15) is 59.3 Å². The van der Waals surface area contributed by atoms with Crippen molar-refractivity contribution in [1.29, 1.82) is 0 Å². The predicted molar refractivity (Wildman–Crippen MR) is 97.8 cm³/mol. The standard InChI is InChI=1S/C20H30O2S/c1-19(2,3)7-6-17(23(4,5)22)18(21)20-11-14-8-15(12-20)10-16(9-14)13-20/h14-16H,8-13H2,1-5H3. The third kappa shape index (κ3) is 3.38. The fourth-order valence-corrected chi connectivity index (χ4v) is 6.24. The van der Waals surface area contributed by atoms with Crippen molar-refractivity contribution in [2.45, 2.75) is 59.3 Å². The molecule has 0 amide bonds. The first-order valence-corrected chi connectivity index (χ1v) is 11.3. The van der Waals surface area contributed by atoms with Gasteiger partial charge in [-0.2, -0.15) is 0 Å². The van der Waals surface area contributed by atoms with Gasteiger partial charge >= 0.3 is 0 Å². The molecule has 23 heavy (non-hydrogen) atoms. The molecule has 0 saturated heterocycles. The summed E-state index contributed by atoms with van der Waals surface area (Å²) < 4.78 is 12.8. The molecule has 0 heterocycles. The number of ketones is 1. The van der Waals surface area contributed by atoms with Crippen molar-refractivity contribution < 1.29 is 9.00 Å². The minimum absolute atomic E-state index is 0.128. The van der Waals surface area contributed by atoms with E-state index in [1.54, 1.807) is 12.5 Å².